The number of likely N-dealkylation sites (tertiary alicyclic amines) is 1. The number of carbonyl (C=O) groups is 1. The first kappa shape index (κ1) is 15.3. The summed E-state index contributed by atoms with van der Waals surface area (Å²) in [4.78, 5) is 17.0. The monoisotopic (exact) mass is 296 g/mol. The molecule has 0 bridgehead atoms. The van der Waals surface area contributed by atoms with Crippen molar-refractivity contribution >= 4 is 5.91 Å². The summed E-state index contributed by atoms with van der Waals surface area (Å²) in [6, 6.07) is 0.495. The molecule has 0 aromatic heterocycles. The van der Waals surface area contributed by atoms with Crippen LogP contribution in [0.5, 0.6) is 0 Å². The Morgan fingerprint density at radius 3 is 2.81 bits per heavy atom. The highest BCUT2D eigenvalue weighted by Crippen LogP contribution is 2.35. The summed E-state index contributed by atoms with van der Waals surface area (Å²) in [7, 11) is 0. The maximum absolute atomic E-state index is 12.7. The Balaban J connectivity index is 1.56. The molecule has 1 aliphatic carbocycles. The number of piperidine rings is 1. The van der Waals surface area contributed by atoms with Gasteiger partial charge in [0.1, 0.15) is 0 Å². The third-order valence-electron chi connectivity index (χ3n) is 5.35. The van der Waals surface area contributed by atoms with Crippen LogP contribution in [-0.2, 0) is 9.53 Å². The van der Waals surface area contributed by atoms with E-state index in [0.29, 0.717) is 25.7 Å². The molecule has 21 heavy (non-hydrogen) atoms. The number of hydrogen-bond donors (Lipinski definition) is 1. The molecular formula is C16H28N2O3. The number of hydrogen-bond acceptors (Lipinski definition) is 4. The highest BCUT2D eigenvalue weighted by atomic mass is 16.5. The van der Waals surface area contributed by atoms with E-state index in [1.807, 2.05) is 0 Å². The van der Waals surface area contributed by atoms with Crippen molar-refractivity contribution in [2.45, 2.75) is 50.7 Å². The predicted octanol–water partition coefficient (Wildman–Crippen LogP) is 0.861. The Hall–Kier alpha value is -0.650. The fourth-order valence-electron chi connectivity index (χ4n) is 4.25. The van der Waals surface area contributed by atoms with Crippen molar-refractivity contribution in [1.82, 2.24) is 9.80 Å². The van der Waals surface area contributed by atoms with Gasteiger partial charge in [0.2, 0.25) is 5.91 Å². The van der Waals surface area contributed by atoms with Crippen molar-refractivity contribution < 1.29 is 14.6 Å². The molecule has 0 radical (unpaired) electrons. The van der Waals surface area contributed by atoms with Crippen molar-refractivity contribution in [3.8, 4) is 0 Å². The SMILES string of the molecule is O=C(CN1CCOC(CO)C1)N1CCCC2CCCCC21. The lowest BCUT2D eigenvalue weighted by molar-refractivity contribution is -0.141. The van der Waals surface area contributed by atoms with E-state index >= 15 is 0 Å². The number of amides is 1. The Kier molecular flexibility index (Phi) is 5.14. The second kappa shape index (κ2) is 7.07. The fourth-order valence-corrected chi connectivity index (χ4v) is 4.25. The van der Waals surface area contributed by atoms with E-state index in [-0.39, 0.29) is 18.6 Å². The predicted molar refractivity (Wildman–Crippen MR) is 80.0 cm³/mol. The molecule has 5 heteroatoms. The minimum Gasteiger partial charge on any atom is -0.394 e. The molecule has 0 aromatic rings. The quantitative estimate of drug-likeness (QED) is 0.839. The smallest absolute Gasteiger partial charge is 0.237 e. The number of morpholine rings is 1. The van der Waals surface area contributed by atoms with Crippen molar-refractivity contribution in [3.63, 3.8) is 0 Å². The Labute approximate surface area is 127 Å². The first-order chi connectivity index (χ1) is 10.3. The zero-order valence-corrected chi connectivity index (χ0v) is 12.9. The lowest BCUT2D eigenvalue weighted by atomic mass is 9.78. The summed E-state index contributed by atoms with van der Waals surface area (Å²) in [5, 5.41) is 9.20. The van der Waals surface area contributed by atoms with Crippen LogP contribution in [0, 0.1) is 5.92 Å². The number of aliphatic hydroxyl groups excluding tert-OH is 1. The topological polar surface area (TPSA) is 53.0 Å². The molecule has 3 unspecified atom stereocenters. The molecule has 1 saturated carbocycles. The molecule has 120 valence electrons. The van der Waals surface area contributed by atoms with Gasteiger partial charge in [0, 0.05) is 25.7 Å². The van der Waals surface area contributed by atoms with Crippen molar-refractivity contribution in [1.29, 1.82) is 0 Å². The van der Waals surface area contributed by atoms with Gasteiger partial charge in [-0.3, -0.25) is 9.69 Å². The summed E-state index contributed by atoms with van der Waals surface area (Å²) in [6.45, 7) is 3.55. The van der Waals surface area contributed by atoms with E-state index in [4.69, 9.17) is 4.74 Å². The van der Waals surface area contributed by atoms with E-state index in [9.17, 15) is 9.90 Å². The van der Waals surface area contributed by atoms with Crippen LogP contribution in [0.4, 0.5) is 0 Å². The largest absolute Gasteiger partial charge is 0.394 e. The first-order valence-electron chi connectivity index (χ1n) is 8.52. The molecule has 0 aromatic carbocycles. The number of aliphatic hydroxyl groups is 1. The average Bonchev–Trinajstić information content (AvgIpc) is 2.54. The maximum atomic E-state index is 12.7. The van der Waals surface area contributed by atoms with E-state index in [0.717, 1.165) is 25.4 Å². The van der Waals surface area contributed by atoms with Gasteiger partial charge < -0.3 is 14.7 Å². The van der Waals surface area contributed by atoms with Crippen LogP contribution >= 0.6 is 0 Å². The summed E-state index contributed by atoms with van der Waals surface area (Å²) in [5.74, 6) is 1.02. The molecule has 2 aliphatic heterocycles. The molecule has 0 spiro atoms. The van der Waals surface area contributed by atoms with E-state index in [2.05, 4.69) is 9.80 Å². The van der Waals surface area contributed by atoms with Gasteiger partial charge in [-0.15, -0.1) is 0 Å². The van der Waals surface area contributed by atoms with Gasteiger partial charge in [0.25, 0.3) is 0 Å². The third-order valence-corrected chi connectivity index (χ3v) is 5.35. The normalized spacial score (nSPS) is 34.5. The Morgan fingerprint density at radius 1 is 1.14 bits per heavy atom. The van der Waals surface area contributed by atoms with Crippen LogP contribution in [0.25, 0.3) is 0 Å². The van der Waals surface area contributed by atoms with E-state index in [1.165, 1.54) is 32.1 Å². The molecule has 1 amide bonds. The lowest BCUT2D eigenvalue weighted by Gasteiger charge is -2.45. The summed E-state index contributed by atoms with van der Waals surface area (Å²) in [6.07, 6.45) is 7.45. The van der Waals surface area contributed by atoms with Crippen LogP contribution in [0.15, 0.2) is 0 Å². The van der Waals surface area contributed by atoms with Crippen molar-refractivity contribution in [2.24, 2.45) is 5.92 Å². The standard InChI is InChI=1S/C16H28N2O3/c19-12-14-10-17(8-9-21-14)11-16(20)18-7-3-5-13-4-1-2-6-15(13)18/h13-15,19H,1-12H2. The minimum atomic E-state index is -0.129. The number of fused-ring (bicyclic) bond motifs is 1. The zero-order chi connectivity index (χ0) is 14.7. The van der Waals surface area contributed by atoms with Gasteiger partial charge in [-0.05, 0) is 31.6 Å². The fraction of sp³-hybridized carbons (Fsp3) is 0.938. The second-order valence-electron chi connectivity index (χ2n) is 6.75. The molecule has 3 atom stereocenters. The summed E-state index contributed by atoms with van der Waals surface area (Å²) < 4.78 is 5.45. The lowest BCUT2D eigenvalue weighted by Crippen LogP contribution is -2.54. The van der Waals surface area contributed by atoms with E-state index in [1.54, 1.807) is 0 Å². The minimum absolute atomic E-state index is 0.0408. The summed E-state index contributed by atoms with van der Waals surface area (Å²) in [5.41, 5.74) is 0. The Bertz CT molecular complexity index is 361. The maximum Gasteiger partial charge on any atom is 0.237 e. The first-order valence-corrected chi connectivity index (χ1v) is 8.52. The molecule has 2 heterocycles. The second-order valence-corrected chi connectivity index (χ2v) is 6.75. The number of ether oxygens (including phenoxy) is 1. The molecular weight excluding hydrogens is 268 g/mol. The molecule has 3 fully saturated rings. The van der Waals surface area contributed by atoms with Crippen LogP contribution in [0.3, 0.4) is 0 Å². The van der Waals surface area contributed by atoms with Gasteiger partial charge in [0.05, 0.1) is 25.9 Å². The van der Waals surface area contributed by atoms with Crippen molar-refractivity contribution in [2.75, 3.05) is 39.4 Å². The van der Waals surface area contributed by atoms with Crippen LogP contribution in [0.1, 0.15) is 38.5 Å². The van der Waals surface area contributed by atoms with Crippen LogP contribution in [0.2, 0.25) is 0 Å². The van der Waals surface area contributed by atoms with Gasteiger partial charge >= 0.3 is 0 Å². The highest BCUT2D eigenvalue weighted by molar-refractivity contribution is 5.78. The molecule has 5 nitrogen and oxygen atoms in total. The Morgan fingerprint density at radius 2 is 1.95 bits per heavy atom. The van der Waals surface area contributed by atoms with Gasteiger partial charge in [-0.25, -0.2) is 0 Å². The molecule has 3 rings (SSSR count). The van der Waals surface area contributed by atoms with Gasteiger partial charge in [-0.1, -0.05) is 12.8 Å². The van der Waals surface area contributed by atoms with Crippen LogP contribution < -0.4 is 0 Å². The third kappa shape index (κ3) is 3.58. The average molecular weight is 296 g/mol. The van der Waals surface area contributed by atoms with Gasteiger partial charge in [-0.2, -0.15) is 0 Å². The highest BCUT2D eigenvalue weighted by Gasteiger charge is 2.36. The van der Waals surface area contributed by atoms with Crippen LogP contribution in [-0.4, -0.2) is 72.4 Å². The molecule has 2 saturated heterocycles. The van der Waals surface area contributed by atoms with Gasteiger partial charge in [0.15, 0.2) is 0 Å². The number of rotatable bonds is 3. The number of carbonyl (C=O) groups excluding carboxylic acids is 1. The van der Waals surface area contributed by atoms with Crippen molar-refractivity contribution in [3.05, 3.63) is 0 Å². The summed E-state index contributed by atoms with van der Waals surface area (Å²) >= 11 is 0. The molecule has 3 aliphatic rings. The molecule has 1 N–H and O–H groups in total. The zero-order valence-electron chi connectivity index (χ0n) is 12.9. The van der Waals surface area contributed by atoms with E-state index < -0.39 is 0 Å². The number of nitrogens with zero attached hydrogens (tertiary/aromatic N) is 2.